The molecule has 1 aromatic rings. The Morgan fingerprint density at radius 2 is 1.76 bits per heavy atom. The highest BCUT2D eigenvalue weighted by Crippen LogP contribution is 2.24. The Labute approximate surface area is 168 Å². The third kappa shape index (κ3) is 6.77. The average molecular weight is 412 g/mol. The Kier molecular flexibility index (Phi) is 8.57. The number of aliphatic hydroxyl groups is 4. The zero-order chi connectivity index (χ0) is 21.6. The van der Waals surface area contributed by atoms with Gasteiger partial charge in [-0.15, -0.1) is 0 Å². The van der Waals surface area contributed by atoms with Crippen LogP contribution >= 0.6 is 0 Å². The number of carbonyl (C=O) groups excluding carboxylic acids is 1. The van der Waals surface area contributed by atoms with Gasteiger partial charge >= 0.3 is 5.97 Å². The molecule has 1 aliphatic heterocycles. The second kappa shape index (κ2) is 10.7. The summed E-state index contributed by atoms with van der Waals surface area (Å²) in [6.07, 6.45) is -4.65. The molecule has 2 rings (SSSR count). The number of carbonyl (C=O) groups is 1. The Balaban J connectivity index is 1.81. The van der Waals surface area contributed by atoms with Crippen molar-refractivity contribution in [2.75, 3.05) is 6.61 Å². The predicted octanol–water partition coefficient (Wildman–Crippen LogP) is -0.0678. The first-order chi connectivity index (χ1) is 13.7. The fraction of sp³-hybridized carbons (Fsp3) is 0.550. The molecule has 1 aromatic carbocycles. The number of ether oxygens (including phenoxy) is 3. The van der Waals surface area contributed by atoms with E-state index >= 15 is 0 Å². The normalized spacial score (nSPS) is 29.5. The van der Waals surface area contributed by atoms with Gasteiger partial charge in [0.15, 0.2) is 6.29 Å². The van der Waals surface area contributed by atoms with Crippen LogP contribution in [0.2, 0.25) is 0 Å². The second-order valence-electron chi connectivity index (χ2n) is 7.05. The summed E-state index contributed by atoms with van der Waals surface area (Å²) >= 11 is 0. The number of hydrogen-bond donors (Lipinski definition) is 5. The Bertz CT molecular complexity index is 673. The van der Waals surface area contributed by atoms with Crippen molar-refractivity contribution in [3.63, 3.8) is 0 Å². The summed E-state index contributed by atoms with van der Waals surface area (Å²) in [4.78, 5) is 11.9. The van der Waals surface area contributed by atoms with Crippen molar-refractivity contribution in [3.05, 3.63) is 35.9 Å². The van der Waals surface area contributed by atoms with E-state index in [9.17, 15) is 30.3 Å². The van der Waals surface area contributed by atoms with Crippen molar-refractivity contribution >= 4 is 12.0 Å². The lowest BCUT2D eigenvalue weighted by Gasteiger charge is -2.40. The molecule has 0 amide bonds. The highest BCUT2D eigenvalue weighted by molar-refractivity contribution is 5.87. The Hall–Kier alpha value is -2.01. The first-order valence-electron chi connectivity index (χ1n) is 9.35. The van der Waals surface area contributed by atoms with E-state index in [1.54, 1.807) is 32.1 Å². The molecule has 1 heterocycles. The van der Waals surface area contributed by atoms with Gasteiger partial charge in [-0.2, -0.15) is 0 Å². The zero-order valence-corrected chi connectivity index (χ0v) is 16.3. The molecule has 9 nitrogen and oxygen atoms in total. The third-order valence-electron chi connectivity index (χ3n) is 4.50. The lowest BCUT2D eigenvalue weighted by Crippen LogP contribution is -2.59. The van der Waals surface area contributed by atoms with Gasteiger partial charge in [-0.05, 0) is 37.6 Å². The first kappa shape index (κ1) is 23.3. The van der Waals surface area contributed by atoms with Gasteiger partial charge in [0.2, 0.25) is 0 Å². The third-order valence-corrected chi connectivity index (χ3v) is 4.50. The fourth-order valence-electron chi connectivity index (χ4n) is 2.97. The summed E-state index contributed by atoms with van der Waals surface area (Å²) < 4.78 is 16.1. The summed E-state index contributed by atoms with van der Waals surface area (Å²) in [5.41, 5.74) is 0.728. The summed E-state index contributed by atoms with van der Waals surface area (Å²) in [6.45, 7) is 2.82. The SMILES string of the molecule is C[C@H](C[C@@H](C)O[C@H]1O[C@H](CO)[C@@H](O)[C@H](O)[C@H]1O)OC(=O)C=Cc1ccc(O)cc1. The van der Waals surface area contributed by atoms with Gasteiger partial charge in [0.05, 0.1) is 12.7 Å². The van der Waals surface area contributed by atoms with Crippen LogP contribution in [0, 0.1) is 0 Å². The van der Waals surface area contributed by atoms with E-state index < -0.39 is 55.5 Å². The largest absolute Gasteiger partial charge is 0.508 e. The number of phenolic OH excluding ortho intramolecular Hbond substituents is 1. The molecular formula is C20H28O9. The summed E-state index contributed by atoms with van der Waals surface area (Å²) in [6, 6.07) is 6.31. The quantitative estimate of drug-likeness (QED) is 0.292. The van der Waals surface area contributed by atoms with Crippen LogP contribution in [0.3, 0.4) is 0 Å². The molecule has 162 valence electrons. The zero-order valence-electron chi connectivity index (χ0n) is 16.3. The van der Waals surface area contributed by atoms with E-state index in [1.165, 1.54) is 18.2 Å². The minimum absolute atomic E-state index is 0.131. The molecule has 1 fully saturated rings. The predicted molar refractivity (Wildman–Crippen MR) is 102 cm³/mol. The van der Waals surface area contributed by atoms with E-state index in [-0.39, 0.29) is 12.2 Å². The summed E-state index contributed by atoms with van der Waals surface area (Å²) in [5.74, 6) is -0.419. The van der Waals surface area contributed by atoms with Crippen molar-refractivity contribution in [1.82, 2.24) is 0 Å². The van der Waals surface area contributed by atoms with Gasteiger partial charge in [-0.1, -0.05) is 12.1 Å². The smallest absolute Gasteiger partial charge is 0.331 e. The summed E-state index contributed by atoms with van der Waals surface area (Å²) in [7, 11) is 0. The lowest BCUT2D eigenvalue weighted by atomic mass is 9.99. The van der Waals surface area contributed by atoms with Gasteiger partial charge in [-0.3, -0.25) is 0 Å². The maximum absolute atomic E-state index is 11.9. The number of rotatable bonds is 8. The highest BCUT2D eigenvalue weighted by Gasteiger charge is 2.44. The van der Waals surface area contributed by atoms with Gasteiger partial charge in [0.25, 0.3) is 0 Å². The molecule has 9 heteroatoms. The van der Waals surface area contributed by atoms with E-state index in [4.69, 9.17) is 14.2 Å². The molecule has 0 aliphatic carbocycles. The minimum Gasteiger partial charge on any atom is -0.508 e. The standard InChI is InChI=1S/C20H28O9/c1-11(27-16(23)8-5-13-3-6-14(22)7-4-13)9-12(2)28-20-19(26)18(25)17(24)15(10-21)29-20/h3-8,11-12,15,17-22,24-26H,9-10H2,1-2H3/t11-,12-,15-,17-,18+,19-,20+/m1/s1. The molecule has 1 aliphatic rings. The maximum Gasteiger partial charge on any atom is 0.331 e. The van der Waals surface area contributed by atoms with Crippen molar-refractivity contribution < 1.29 is 44.5 Å². The van der Waals surface area contributed by atoms with E-state index in [1.807, 2.05) is 0 Å². The van der Waals surface area contributed by atoms with Crippen LogP contribution in [-0.2, 0) is 19.0 Å². The van der Waals surface area contributed by atoms with Gasteiger partial charge in [0, 0.05) is 12.5 Å². The van der Waals surface area contributed by atoms with Crippen LogP contribution in [-0.4, -0.2) is 81.0 Å². The van der Waals surface area contributed by atoms with Gasteiger partial charge < -0.3 is 39.7 Å². The molecule has 7 atom stereocenters. The lowest BCUT2D eigenvalue weighted by molar-refractivity contribution is -0.311. The van der Waals surface area contributed by atoms with E-state index in [2.05, 4.69) is 0 Å². The number of aromatic hydroxyl groups is 1. The molecule has 1 saturated heterocycles. The van der Waals surface area contributed by atoms with Crippen LogP contribution in [0.1, 0.15) is 25.8 Å². The molecule has 5 N–H and O–H groups in total. The monoisotopic (exact) mass is 412 g/mol. The van der Waals surface area contributed by atoms with Crippen molar-refractivity contribution in [1.29, 1.82) is 0 Å². The van der Waals surface area contributed by atoms with E-state index in [0.29, 0.717) is 0 Å². The highest BCUT2D eigenvalue weighted by atomic mass is 16.7. The molecular weight excluding hydrogens is 384 g/mol. The number of hydrogen-bond acceptors (Lipinski definition) is 9. The number of phenols is 1. The van der Waals surface area contributed by atoms with Crippen LogP contribution < -0.4 is 0 Å². The average Bonchev–Trinajstić information content (AvgIpc) is 2.67. The molecule has 0 bridgehead atoms. The first-order valence-corrected chi connectivity index (χ1v) is 9.35. The molecule has 0 saturated carbocycles. The van der Waals surface area contributed by atoms with Gasteiger partial charge in [-0.25, -0.2) is 4.79 Å². The Morgan fingerprint density at radius 3 is 2.38 bits per heavy atom. The van der Waals surface area contributed by atoms with E-state index in [0.717, 1.165) is 5.56 Å². The maximum atomic E-state index is 11.9. The topological polar surface area (TPSA) is 146 Å². The fourth-order valence-corrected chi connectivity index (χ4v) is 2.97. The molecule has 0 radical (unpaired) electrons. The van der Waals surface area contributed by atoms with Gasteiger partial charge in [0.1, 0.15) is 36.3 Å². The minimum atomic E-state index is -1.52. The van der Waals surface area contributed by atoms with Crippen LogP contribution in [0.5, 0.6) is 5.75 Å². The number of benzene rings is 1. The van der Waals surface area contributed by atoms with Crippen LogP contribution in [0.4, 0.5) is 0 Å². The molecule has 29 heavy (non-hydrogen) atoms. The van der Waals surface area contributed by atoms with Crippen molar-refractivity contribution in [2.24, 2.45) is 0 Å². The van der Waals surface area contributed by atoms with Crippen molar-refractivity contribution in [2.45, 2.75) is 63.2 Å². The molecule has 0 spiro atoms. The van der Waals surface area contributed by atoms with Crippen LogP contribution in [0.15, 0.2) is 30.3 Å². The van der Waals surface area contributed by atoms with Crippen LogP contribution in [0.25, 0.3) is 6.08 Å². The van der Waals surface area contributed by atoms with Crippen molar-refractivity contribution in [3.8, 4) is 5.75 Å². The molecule has 0 unspecified atom stereocenters. The number of aliphatic hydroxyl groups excluding tert-OH is 4. The number of esters is 1. The Morgan fingerprint density at radius 1 is 1.10 bits per heavy atom. The summed E-state index contributed by atoms with van der Waals surface area (Å²) in [5, 5.41) is 48.0. The molecule has 0 aromatic heterocycles. The second-order valence-corrected chi connectivity index (χ2v) is 7.05.